The first-order chi connectivity index (χ1) is 9.36. The van der Waals surface area contributed by atoms with E-state index in [9.17, 15) is 19.7 Å². The predicted octanol–water partition coefficient (Wildman–Crippen LogP) is -1.62. The van der Waals surface area contributed by atoms with Gasteiger partial charge in [0.2, 0.25) is 0 Å². The summed E-state index contributed by atoms with van der Waals surface area (Å²) in [6.07, 6.45) is 1.86. The molecule has 7 nitrogen and oxygen atoms in total. The Morgan fingerprint density at radius 2 is 2.30 bits per heavy atom. The standard InChI is InChI=1S/C12H14FN3O4/c1-3-12(5-17)9(19)8(18)11(20-12)16-4-7(13)10(14)15-6(16)2/h1,4,8-9,11,17-19H,2,5H2,(H2,14,15)/t8?,9-,11-,12-/m1/s1. The van der Waals surface area contributed by atoms with Crippen LogP contribution in [0.2, 0.25) is 0 Å². The van der Waals surface area contributed by atoms with E-state index >= 15 is 0 Å². The number of rotatable bonds is 2. The number of hydrogen-bond donors (Lipinski definition) is 4. The third kappa shape index (κ3) is 1.97. The maximum atomic E-state index is 13.5. The van der Waals surface area contributed by atoms with Gasteiger partial charge in [-0.15, -0.1) is 6.42 Å². The third-order valence-corrected chi connectivity index (χ3v) is 3.22. The summed E-state index contributed by atoms with van der Waals surface area (Å²) in [6.45, 7) is 2.83. The van der Waals surface area contributed by atoms with Crippen LogP contribution >= 0.6 is 0 Å². The summed E-state index contributed by atoms with van der Waals surface area (Å²) in [5.41, 5.74) is 3.51. The van der Waals surface area contributed by atoms with Crippen molar-refractivity contribution in [3.05, 3.63) is 24.4 Å². The molecule has 20 heavy (non-hydrogen) atoms. The average Bonchev–Trinajstić information content (AvgIpc) is 2.68. The molecule has 1 saturated heterocycles. The molecule has 1 unspecified atom stereocenters. The number of aliphatic hydroxyl groups is 3. The number of terminal acetylenes is 1. The van der Waals surface area contributed by atoms with Crippen LogP contribution in [0.25, 0.3) is 0 Å². The number of nitrogens with zero attached hydrogens (tertiary/aromatic N) is 2. The van der Waals surface area contributed by atoms with Gasteiger partial charge >= 0.3 is 0 Å². The zero-order valence-corrected chi connectivity index (χ0v) is 10.4. The Morgan fingerprint density at radius 1 is 1.65 bits per heavy atom. The summed E-state index contributed by atoms with van der Waals surface area (Å²) in [7, 11) is 0. The molecule has 1 fully saturated rings. The fraction of sp³-hybridized carbons (Fsp3) is 0.417. The highest BCUT2D eigenvalue weighted by molar-refractivity contribution is 5.96. The topological polar surface area (TPSA) is 112 Å². The van der Waals surface area contributed by atoms with Crippen LogP contribution in [0.1, 0.15) is 0 Å². The molecule has 8 heteroatoms. The number of halogens is 1. The van der Waals surface area contributed by atoms with Gasteiger partial charge in [0.15, 0.2) is 23.5 Å². The first-order valence-electron chi connectivity index (χ1n) is 5.68. The molecule has 0 aliphatic carbocycles. The Kier molecular flexibility index (Phi) is 3.54. The van der Waals surface area contributed by atoms with Gasteiger partial charge in [0.05, 0.1) is 6.61 Å². The van der Waals surface area contributed by atoms with Crippen LogP contribution in [0.5, 0.6) is 0 Å². The fourth-order valence-electron chi connectivity index (χ4n) is 2.04. The van der Waals surface area contributed by atoms with Gasteiger partial charge < -0.3 is 30.7 Å². The molecule has 4 atom stereocenters. The lowest BCUT2D eigenvalue weighted by Crippen LogP contribution is -2.45. The normalized spacial score (nSPS) is 37.5. The Bertz CT molecular complexity index is 541. The van der Waals surface area contributed by atoms with Crippen LogP contribution in [0.15, 0.2) is 29.4 Å². The van der Waals surface area contributed by atoms with Crippen LogP contribution in [-0.4, -0.2) is 56.7 Å². The Balaban J connectivity index is 2.32. The van der Waals surface area contributed by atoms with Gasteiger partial charge in [-0.2, -0.15) is 0 Å². The molecule has 0 spiro atoms. The predicted molar refractivity (Wildman–Crippen MR) is 67.3 cm³/mol. The molecule has 2 aliphatic heterocycles. The van der Waals surface area contributed by atoms with Crippen molar-refractivity contribution >= 4 is 5.84 Å². The second-order valence-corrected chi connectivity index (χ2v) is 4.43. The second kappa shape index (κ2) is 4.88. The lowest BCUT2D eigenvalue weighted by Gasteiger charge is -2.31. The molecule has 0 aromatic rings. The van der Waals surface area contributed by atoms with E-state index in [1.165, 1.54) is 0 Å². The molecule has 0 aromatic carbocycles. The summed E-state index contributed by atoms with van der Waals surface area (Å²) < 4.78 is 18.8. The summed E-state index contributed by atoms with van der Waals surface area (Å²) in [6, 6.07) is 0. The number of amidine groups is 1. The van der Waals surface area contributed by atoms with Crippen molar-refractivity contribution in [3.8, 4) is 12.3 Å². The van der Waals surface area contributed by atoms with E-state index in [-0.39, 0.29) is 11.7 Å². The van der Waals surface area contributed by atoms with Crippen molar-refractivity contribution in [2.45, 2.75) is 24.0 Å². The van der Waals surface area contributed by atoms with E-state index in [1.54, 1.807) is 0 Å². The molecule has 0 amide bonds. The Hall–Kier alpha value is -1.92. The molecule has 5 N–H and O–H groups in total. The Morgan fingerprint density at radius 3 is 2.80 bits per heavy atom. The monoisotopic (exact) mass is 283 g/mol. The lowest BCUT2D eigenvalue weighted by molar-refractivity contribution is -0.103. The zero-order valence-electron chi connectivity index (χ0n) is 10.4. The van der Waals surface area contributed by atoms with Gasteiger partial charge in [-0.25, -0.2) is 9.38 Å². The number of nitrogens with two attached hydrogens (primary N) is 1. The summed E-state index contributed by atoms with van der Waals surface area (Å²) in [5, 5.41) is 29.2. The van der Waals surface area contributed by atoms with Crippen LogP contribution in [0.4, 0.5) is 4.39 Å². The number of aliphatic imine (C=N–C) groups is 1. The average molecular weight is 283 g/mol. The van der Waals surface area contributed by atoms with Gasteiger partial charge in [-0.05, 0) is 0 Å². The lowest BCUT2D eigenvalue weighted by atomic mass is 9.97. The van der Waals surface area contributed by atoms with E-state index < -0.39 is 36.5 Å². The fourth-order valence-corrected chi connectivity index (χ4v) is 2.04. The first kappa shape index (κ1) is 14.5. The third-order valence-electron chi connectivity index (χ3n) is 3.22. The van der Waals surface area contributed by atoms with Crippen molar-refractivity contribution in [3.63, 3.8) is 0 Å². The maximum absolute atomic E-state index is 13.5. The van der Waals surface area contributed by atoms with E-state index in [0.717, 1.165) is 11.1 Å². The molecule has 0 bridgehead atoms. The molecule has 108 valence electrons. The highest BCUT2D eigenvalue weighted by atomic mass is 19.1. The molecular formula is C12H14FN3O4. The van der Waals surface area contributed by atoms with E-state index in [2.05, 4.69) is 17.5 Å². The van der Waals surface area contributed by atoms with Crippen LogP contribution < -0.4 is 5.73 Å². The minimum absolute atomic E-state index is 0.00547. The van der Waals surface area contributed by atoms with E-state index in [0.29, 0.717) is 0 Å². The van der Waals surface area contributed by atoms with Gasteiger partial charge in [0.25, 0.3) is 0 Å². The molecule has 0 aromatic heterocycles. The molecule has 0 saturated carbocycles. The first-order valence-corrected chi connectivity index (χ1v) is 5.68. The molecule has 2 aliphatic rings. The molecule has 2 heterocycles. The number of aliphatic hydroxyl groups excluding tert-OH is 3. The minimum Gasteiger partial charge on any atom is -0.392 e. The number of ether oxygens (including phenoxy) is 1. The molecule has 0 radical (unpaired) electrons. The highest BCUT2D eigenvalue weighted by Gasteiger charge is 2.55. The van der Waals surface area contributed by atoms with Gasteiger partial charge in [0.1, 0.15) is 18.0 Å². The van der Waals surface area contributed by atoms with Crippen molar-refractivity contribution in [1.29, 1.82) is 0 Å². The summed E-state index contributed by atoms with van der Waals surface area (Å²) in [5.74, 6) is 0.904. The molecular weight excluding hydrogens is 269 g/mol. The summed E-state index contributed by atoms with van der Waals surface area (Å²) in [4.78, 5) is 4.69. The zero-order chi connectivity index (χ0) is 15.1. The van der Waals surface area contributed by atoms with Crippen molar-refractivity contribution in [2.24, 2.45) is 10.7 Å². The van der Waals surface area contributed by atoms with Crippen LogP contribution in [0, 0.1) is 12.3 Å². The highest BCUT2D eigenvalue weighted by Crippen LogP contribution is 2.35. The largest absolute Gasteiger partial charge is 0.392 e. The maximum Gasteiger partial charge on any atom is 0.182 e. The van der Waals surface area contributed by atoms with Gasteiger partial charge in [0, 0.05) is 6.20 Å². The van der Waals surface area contributed by atoms with Gasteiger partial charge in [-0.3, -0.25) is 0 Å². The molecule has 2 rings (SSSR count). The number of hydrogen-bond acceptors (Lipinski definition) is 7. The quantitative estimate of drug-likeness (QED) is 0.453. The van der Waals surface area contributed by atoms with Gasteiger partial charge in [-0.1, -0.05) is 12.5 Å². The smallest absolute Gasteiger partial charge is 0.182 e. The second-order valence-electron chi connectivity index (χ2n) is 4.43. The SMILES string of the molecule is C#C[C@]1(CO)O[C@@H](N2C=C(F)C(N)=NC2=C)C(O)[C@H]1O. The van der Waals surface area contributed by atoms with Crippen molar-refractivity contribution < 1.29 is 24.4 Å². The van der Waals surface area contributed by atoms with E-state index in [4.69, 9.17) is 16.9 Å². The summed E-state index contributed by atoms with van der Waals surface area (Å²) >= 11 is 0. The van der Waals surface area contributed by atoms with Crippen LogP contribution in [0.3, 0.4) is 0 Å². The Labute approximate surface area is 114 Å². The van der Waals surface area contributed by atoms with E-state index in [1.807, 2.05) is 0 Å². The van der Waals surface area contributed by atoms with Crippen molar-refractivity contribution in [2.75, 3.05) is 6.61 Å². The van der Waals surface area contributed by atoms with Crippen molar-refractivity contribution in [1.82, 2.24) is 4.90 Å². The van der Waals surface area contributed by atoms with Crippen LogP contribution in [-0.2, 0) is 4.74 Å². The minimum atomic E-state index is -1.78.